The molecular weight excluding hydrogens is 410 g/mol. The van der Waals surface area contributed by atoms with Gasteiger partial charge in [-0.3, -0.25) is 9.59 Å². The highest BCUT2D eigenvalue weighted by atomic mass is 16.7. The summed E-state index contributed by atoms with van der Waals surface area (Å²) in [5, 5.41) is 2.91. The minimum absolute atomic E-state index is 0.0380. The van der Waals surface area contributed by atoms with Crippen LogP contribution in [0.3, 0.4) is 0 Å². The average Bonchev–Trinajstić information content (AvgIpc) is 3.13. The van der Waals surface area contributed by atoms with Crippen LogP contribution in [0.1, 0.15) is 62.2 Å². The zero-order valence-electron chi connectivity index (χ0n) is 18.6. The van der Waals surface area contributed by atoms with Gasteiger partial charge in [0, 0.05) is 36.6 Å². The maximum absolute atomic E-state index is 12.4. The van der Waals surface area contributed by atoms with Crippen LogP contribution in [0.5, 0.6) is 23.0 Å². The molecule has 0 atom stereocenters. The normalized spacial score (nSPS) is 15.9. The SMILES string of the molecule is COc1cc(C(C)=O)ccc1OCCCC(=O)Nc1ccc2c(c1)OC1(CCCCC1)O2. The van der Waals surface area contributed by atoms with Gasteiger partial charge in [-0.25, -0.2) is 0 Å². The largest absolute Gasteiger partial charge is 0.493 e. The van der Waals surface area contributed by atoms with E-state index in [0.29, 0.717) is 47.9 Å². The first kappa shape index (κ1) is 22.0. The van der Waals surface area contributed by atoms with Gasteiger partial charge in [-0.1, -0.05) is 6.42 Å². The van der Waals surface area contributed by atoms with Crippen molar-refractivity contribution in [3.63, 3.8) is 0 Å². The molecule has 0 saturated heterocycles. The van der Waals surface area contributed by atoms with E-state index in [4.69, 9.17) is 18.9 Å². The lowest BCUT2D eigenvalue weighted by Crippen LogP contribution is -2.40. The smallest absolute Gasteiger partial charge is 0.251 e. The second kappa shape index (κ2) is 9.51. The summed E-state index contributed by atoms with van der Waals surface area (Å²) in [7, 11) is 1.53. The van der Waals surface area contributed by atoms with Crippen LogP contribution in [0.2, 0.25) is 0 Å². The van der Waals surface area contributed by atoms with Crippen molar-refractivity contribution in [2.24, 2.45) is 0 Å². The number of methoxy groups -OCH3 is 1. The molecule has 1 aliphatic heterocycles. The molecule has 0 aromatic heterocycles. The summed E-state index contributed by atoms with van der Waals surface area (Å²) in [5.41, 5.74) is 1.25. The van der Waals surface area contributed by atoms with Crippen LogP contribution in [-0.2, 0) is 4.79 Å². The highest BCUT2D eigenvalue weighted by Crippen LogP contribution is 2.46. The Hall–Kier alpha value is -3.22. The van der Waals surface area contributed by atoms with Gasteiger partial charge in [0.15, 0.2) is 28.8 Å². The van der Waals surface area contributed by atoms with Crippen molar-refractivity contribution in [3.05, 3.63) is 42.0 Å². The van der Waals surface area contributed by atoms with Crippen molar-refractivity contribution < 1.29 is 28.5 Å². The standard InChI is InChI=1S/C25H29NO6/c1-17(27)18-8-10-20(22(15-18)29-2)30-14-6-7-24(28)26-19-9-11-21-23(16-19)32-25(31-21)12-4-3-5-13-25/h8-11,15-16H,3-7,12-14H2,1-2H3,(H,26,28). The van der Waals surface area contributed by atoms with Gasteiger partial charge in [0.05, 0.1) is 13.7 Å². The number of nitrogens with one attached hydrogen (secondary N) is 1. The molecule has 0 bridgehead atoms. The quantitative estimate of drug-likeness (QED) is 0.454. The van der Waals surface area contributed by atoms with Crippen LogP contribution < -0.4 is 24.3 Å². The Morgan fingerprint density at radius 3 is 2.53 bits per heavy atom. The van der Waals surface area contributed by atoms with Crippen LogP contribution in [0, 0.1) is 0 Å². The van der Waals surface area contributed by atoms with Crippen molar-refractivity contribution in [1.29, 1.82) is 0 Å². The topological polar surface area (TPSA) is 83.1 Å². The Labute approximate surface area is 188 Å². The first-order valence-corrected chi connectivity index (χ1v) is 11.1. The van der Waals surface area contributed by atoms with Crippen molar-refractivity contribution in [2.45, 2.75) is 57.7 Å². The molecule has 0 unspecified atom stereocenters. The van der Waals surface area contributed by atoms with E-state index in [-0.39, 0.29) is 11.7 Å². The molecule has 1 fully saturated rings. The number of Topliss-reactive ketones (excluding diaryl/α,β-unsaturated/α-hetero) is 1. The second-order valence-corrected chi connectivity index (χ2v) is 8.26. The van der Waals surface area contributed by atoms with Gasteiger partial charge >= 0.3 is 0 Å². The van der Waals surface area contributed by atoms with Crippen LogP contribution in [0.15, 0.2) is 36.4 Å². The molecule has 1 N–H and O–H groups in total. The van der Waals surface area contributed by atoms with Crippen molar-refractivity contribution >= 4 is 17.4 Å². The highest BCUT2D eigenvalue weighted by molar-refractivity contribution is 5.94. The third kappa shape index (κ3) is 4.98. The molecule has 1 heterocycles. The molecule has 0 radical (unpaired) electrons. The van der Waals surface area contributed by atoms with Crippen LogP contribution >= 0.6 is 0 Å². The Kier molecular flexibility index (Phi) is 6.53. The van der Waals surface area contributed by atoms with Gasteiger partial charge < -0.3 is 24.3 Å². The summed E-state index contributed by atoms with van der Waals surface area (Å²) in [6.45, 7) is 1.86. The predicted octanol–water partition coefficient (Wildman–Crippen LogP) is 5.13. The van der Waals surface area contributed by atoms with E-state index in [1.54, 1.807) is 18.2 Å². The number of hydrogen-bond acceptors (Lipinski definition) is 6. The Bertz CT molecular complexity index is 996. The zero-order valence-corrected chi connectivity index (χ0v) is 18.6. The Morgan fingerprint density at radius 1 is 1.00 bits per heavy atom. The molecule has 170 valence electrons. The molecule has 2 aliphatic rings. The maximum atomic E-state index is 12.4. The minimum Gasteiger partial charge on any atom is -0.493 e. The van der Waals surface area contributed by atoms with Gasteiger partial charge in [0.25, 0.3) is 5.79 Å². The van der Waals surface area contributed by atoms with E-state index in [2.05, 4.69) is 5.32 Å². The maximum Gasteiger partial charge on any atom is 0.251 e. The van der Waals surface area contributed by atoms with Gasteiger partial charge in [-0.2, -0.15) is 0 Å². The molecule has 4 rings (SSSR count). The second-order valence-electron chi connectivity index (χ2n) is 8.26. The summed E-state index contributed by atoms with van der Waals surface area (Å²) >= 11 is 0. The van der Waals surface area contributed by atoms with Crippen LogP contribution in [0.4, 0.5) is 5.69 Å². The predicted molar refractivity (Wildman–Crippen MR) is 120 cm³/mol. The van der Waals surface area contributed by atoms with Crippen LogP contribution in [-0.4, -0.2) is 31.2 Å². The molecule has 2 aromatic carbocycles. The number of carbonyl (C=O) groups excluding carboxylic acids is 2. The first-order valence-electron chi connectivity index (χ1n) is 11.1. The summed E-state index contributed by atoms with van der Waals surface area (Å²) in [5.74, 6) is 1.81. The highest BCUT2D eigenvalue weighted by Gasteiger charge is 2.42. The fraction of sp³-hybridized carbons (Fsp3) is 0.440. The fourth-order valence-corrected chi connectivity index (χ4v) is 4.11. The number of ether oxygens (including phenoxy) is 4. The lowest BCUT2D eigenvalue weighted by molar-refractivity contribution is -0.116. The van der Waals surface area contributed by atoms with Crippen molar-refractivity contribution in [2.75, 3.05) is 19.0 Å². The molecule has 1 amide bonds. The van der Waals surface area contributed by atoms with E-state index in [9.17, 15) is 9.59 Å². The van der Waals surface area contributed by atoms with Crippen molar-refractivity contribution in [1.82, 2.24) is 0 Å². The monoisotopic (exact) mass is 439 g/mol. The molecule has 1 aliphatic carbocycles. The number of fused-ring (bicyclic) bond motifs is 1. The van der Waals surface area contributed by atoms with Crippen LogP contribution in [0.25, 0.3) is 0 Å². The van der Waals surface area contributed by atoms with Gasteiger partial charge in [-0.15, -0.1) is 0 Å². The third-order valence-corrected chi connectivity index (χ3v) is 5.81. The van der Waals surface area contributed by atoms with E-state index < -0.39 is 5.79 Å². The minimum atomic E-state index is -0.524. The van der Waals surface area contributed by atoms with Gasteiger partial charge in [-0.05, 0) is 56.5 Å². The lowest BCUT2D eigenvalue weighted by atomic mass is 9.94. The van der Waals surface area contributed by atoms with E-state index in [0.717, 1.165) is 31.4 Å². The summed E-state index contributed by atoms with van der Waals surface area (Å²) < 4.78 is 23.2. The summed E-state index contributed by atoms with van der Waals surface area (Å²) in [6.07, 6.45) is 6.06. The Morgan fingerprint density at radius 2 is 1.78 bits per heavy atom. The Balaban J connectivity index is 1.25. The van der Waals surface area contributed by atoms with Crippen molar-refractivity contribution in [3.8, 4) is 23.0 Å². The molecular formula is C25H29NO6. The average molecular weight is 440 g/mol. The molecule has 32 heavy (non-hydrogen) atoms. The van der Waals surface area contributed by atoms with Gasteiger partial charge in [0.2, 0.25) is 5.91 Å². The van der Waals surface area contributed by atoms with E-state index >= 15 is 0 Å². The number of amides is 1. The molecule has 2 aromatic rings. The molecule has 1 saturated carbocycles. The zero-order chi connectivity index (χ0) is 22.6. The number of rotatable bonds is 8. The first-order chi connectivity index (χ1) is 15.5. The number of anilines is 1. The number of hydrogen-bond donors (Lipinski definition) is 1. The van der Waals surface area contributed by atoms with E-state index in [1.165, 1.54) is 20.5 Å². The molecule has 7 nitrogen and oxygen atoms in total. The molecule has 7 heteroatoms. The van der Waals surface area contributed by atoms with E-state index in [1.807, 2.05) is 18.2 Å². The third-order valence-electron chi connectivity index (χ3n) is 5.81. The number of ketones is 1. The lowest BCUT2D eigenvalue weighted by Gasteiger charge is -2.31. The number of carbonyl (C=O) groups is 2. The number of benzene rings is 2. The summed E-state index contributed by atoms with van der Waals surface area (Å²) in [6, 6.07) is 10.6. The molecule has 1 spiro atoms. The summed E-state index contributed by atoms with van der Waals surface area (Å²) in [4.78, 5) is 23.9. The fourth-order valence-electron chi connectivity index (χ4n) is 4.11. The van der Waals surface area contributed by atoms with Gasteiger partial charge in [0.1, 0.15) is 0 Å².